The van der Waals surface area contributed by atoms with Crippen molar-refractivity contribution in [2.45, 2.75) is 0 Å². The van der Waals surface area contributed by atoms with Gasteiger partial charge in [-0.25, -0.2) is 9.59 Å². The molecule has 0 aromatic heterocycles. The van der Waals surface area contributed by atoms with E-state index in [2.05, 4.69) is 5.32 Å². The number of methoxy groups -OCH3 is 3. The van der Waals surface area contributed by atoms with E-state index in [1.807, 2.05) is 0 Å². The fraction of sp³-hybridized carbons (Fsp3) is 0.176. The quantitative estimate of drug-likeness (QED) is 0.855. The second kappa shape index (κ2) is 7.31. The van der Waals surface area contributed by atoms with Crippen molar-refractivity contribution in [1.29, 1.82) is 0 Å². The monoisotopic (exact) mass is 315 g/mol. The van der Waals surface area contributed by atoms with E-state index in [1.54, 1.807) is 42.5 Å². The number of rotatable bonds is 5. The third-order valence-corrected chi connectivity index (χ3v) is 3.22. The zero-order valence-electron chi connectivity index (χ0n) is 13.1. The molecule has 0 saturated carbocycles. The van der Waals surface area contributed by atoms with E-state index in [1.165, 1.54) is 21.3 Å². The molecule has 0 amide bonds. The summed E-state index contributed by atoms with van der Waals surface area (Å²) < 4.78 is 14.7. The highest BCUT2D eigenvalue weighted by Crippen LogP contribution is 2.27. The standard InChI is InChI=1S/C17H17NO5/c1-21-15-10-11(8-9-13(15)17(20)23-3)18-14-7-5-4-6-12(14)16(19)22-2/h4-10,18H,1-3H3. The summed E-state index contributed by atoms with van der Waals surface area (Å²) >= 11 is 0. The highest BCUT2D eigenvalue weighted by Gasteiger charge is 2.15. The van der Waals surface area contributed by atoms with Gasteiger partial charge in [0.25, 0.3) is 0 Å². The van der Waals surface area contributed by atoms with Crippen molar-refractivity contribution in [2.24, 2.45) is 0 Å². The molecule has 0 aliphatic rings. The van der Waals surface area contributed by atoms with Crippen molar-refractivity contribution < 1.29 is 23.8 Å². The van der Waals surface area contributed by atoms with Crippen molar-refractivity contribution in [1.82, 2.24) is 0 Å². The molecule has 2 rings (SSSR count). The Bertz CT molecular complexity index is 727. The zero-order chi connectivity index (χ0) is 16.8. The molecule has 0 heterocycles. The molecular formula is C17H17NO5. The Hall–Kier alpha value is -3.02. The number of hydrogen-bond acceptors (Lipinski definition) is 6. The SMILES string of the molecule is COC(=O)c1ccccc1Nc1ccc(C(=O)OC)c(OC)c1. The second-order valence-corrected chi connectivity index (χ2v) is 4.57. The molecule has 0 atom stereocenters. The molecule has 1 N–H and O–H groups in total. The fourth-order valence-electron chi connectivity index (χ4n) is 2.08. The minimum absolute atomic E-state index is 0.321. The van der Waals surface area contributed by atoms with Crippen LogP contribution in [0.4, 0.5) is 11.4 Å². The van der Waals surface area contributed by atoms with Gasteiger partial charge in [-0.1, -0.05) is 12.1 Å². The average Bonchev–Trinajstić information content (AvgIpc) is 2.60. The van der Waals surface area contributed by atoms with E-state index in [9.17, 15) is 9.59 Å². The van der Waals surface area contributed by atoms with Crippen LogP contribution in [0.15, 0.2) is 42.5 Å². The van der Waals surface area contributed by atoms with Crippen LogP contribution in [0.3, 0.4) is 0 Å². The lowest BCUT2D eigenvalue weighted by Gasteiger charge is -2.13. The average molecular weight is 315 g/mol. The summed E-state index contributed by atoms with van der Waals surface area (Å²) in [6.45, 7) is 0. The second-order valence-electron chi connectivity index (χ2n) is 4.57. The number of para-hydroxylation sites is 1. The van der Waals surface area contributed by atoms with Crippen molar-refractivity contribution >= 4 is 23.3 Å². The van der Waals surface area contributed by atoms with Crippen LogP contribution in [0, 0.1) is 0 Å². The van der Waals surface area contributed by atoms with Gasteiger partial charge in [-0.3, -0.25) is 0 Å². The van der Waals surface area contributed by atoms with Gasteiger partial charge in [0, 0.05) is 11.8 Å². The zero-order valence-corrected chi connectivity index (χ0v) is 13.1. The van der Waals surface area contributed by atoms with Crippen molar-refractivity contribution in [3.63, 3.8) is 0 Å². The van der Waals surface area contributed by atoms with Crippen molar-refractivity contribution in [3.05, 3.63) is 53.6 Å². The maximum Gasteiger partial charge on any atom is 0.341 e. The molecule has 0 radical (unpaired) electrons. The molecule has 0 unspecified atom stereocenters. The largest absolute Gasteiger partial charge is 0.496 e. The van der Waals surface area contributed by atoms with Gasteiger partial charge in [0.1, 0.15) is 11.3 Å². The predicted molar refractivity (Wildman–Crippen MR) is 85.4 cm³/mol. The summed E-state index contributed by atoms with van der Waals surface area (Å²) in [4.78, 5) is 23.4. The molecule has 0 aliphatic heterocycles. The maximum atomic E-state index is 11.8. The summed E-state index contributed by atoms with van der Waals surface area (Å²) in [5.41, 5.74) is 1.98. The molecule has 0 spiro atoms. The summed E-state index contributed by atoms with van der Waals surface area (Å²) in [6, 6.07) is 11.9. The molecule has 0 fully saturated rings. The van der Waals surface area contributed by atoms with E-state index in [0.29, 0.717) is 28.3 Å². The van der Waals surface area contributed by atoms with Gasteiger partial charge in [-0.2, -0.15) is 0 Å². The minimum atomic E-state index is -0.483. The highest BCUT2D eigenvalue weighted by molar-refractivity contribution is 5.97. The lowest BCUT2D eigenvalue weighted by Crippen LogP contribution is -2.07. The molecule has 120 valence electrons. The molecule has 0 aliphatic carbocycles. The highest BCUT2D eigenvalue weighted by atomic mass is 16.5. The van der Waals surface area contributed by atoms with Gasteiger partial charge in [-0.15, -0.1) is 0 Å². The summed E-state index contributed by atoms with van der Waals surface area (Å²) in [5, 5.41) is 3.11. The van der Waals surface area contributed by atoms with E-state index >= 15 is 0 Å². The van der Waals surface area contributed by atoms with E-state index in [-0.39, 0.29) is 0 Å². The molecule has 23 heavy (non-hydrogen) atoms. The molecule has 2 aromatic rings. The van der Waals surface area contributed by atoms with Gasteiger partial charge in [0.05, 0.1) is 32.6 Å². The number of ether oxygens (including phenoxy) is 3. The Balaban J connectivity index is 2.35. The molecule has 6 nitrogen and oxygen atoms in total. The van der Waals surface area contributed by atoms with E-state index < -0.39 is 11.9 Å². The Labute approximate surface area is 134 Å². The van der Waals surface area contributed by atoms with Crippen LogP contribution < -0.4 is 10.1 Å². The van der Waals surface area contributed by atoms with Gasteiger partial charge in [-0.05, 0) is 24.3 Å². The number of carbonyl (C=O) groups is 2. The first-order chi connectivity index (χ1) is 11.1. The number of benzene rings is 2. The van der Waals surface area contributed by atoms with Gasteiger partial charge in [0.15, 0.2) is 0 Å². The Morgan fingerprint density at radius 2 is 1.52 bits per heavy atom. The summed E-state index contributed by atoms with van der Waals surface area (Å²) in [6.07, 6.45) is 0. The first-order valence-corrected chi connectivity index (χ1v) is 6.81. The molecule has 6 heteroatoms. The van der Waals surface area contributed by atoms with E-state index in [0.717, 1.165) is 0 Å². The predicted octanol–water partition coefficient (Wildman–Crippen LogP) is 3.01. The number of nitrogens with one attached hydrogen (secondary N) is 1. The Morgan fingerprint density at radius 3 is 2.17 bits per heavy atom. The third kappa shape index (κ3) is 3.60. The molecule has 0 bridgehead atoms. The minimum Gasteiger partial charge on any atom is -0.496 e. The summed E-state index contributed by atoms with van der Waals surface area (Å²) in [7, 11) is 4.10. The van der Waals surface area contributed by atoms with Crippen LogP contribution in [0.25, 0.3) is 0 Å². The topological polar surface area (TPSA) is 73.9 Å². The van der Waals surface area contributed by atoms with Crippen molar-refractivity contribution in [2.75, 3.05) is 26.6 Å². The molecular weight excluding hydrogens is 298 g/mol. The first-order valence-electron chi connectivity index (χ1n) is 6.81. The lowest BCUT2D eigenvalue weighted by molar-refractivity contribution is 0.0590. The number of hydrogen-bond donors (Lipinski definition) is 1. The fourth-order valence-corrected chi connectivity index (χ4v) is 2.08. The lowest BCUT2D eigenvalue weighted by atomic mass is 10.1. The van der Waals surface area contributed by atoms with Crippen LogP contribution in [0.2, 0.25) is 0 Å². The third-order valence-electron chi connectivity index (χ3n) is 3.22. The Morgan fingerprint density at radius 1 is 0.870 bits per heavy atom. The van der Waals surface area contributed by atoms with Crippen LogP contribution in [0.1, 0.15) is 20.7 Å². The van der Waals surface area contributed by atoms with E-state index in [4.69, 9.17) is 14.2 Å². The summed E-state index contributed by atoms with van der Waals surface area (Å²) in [5.74, 6) is -0.549. The molecule has 0 saturated heterocycles. The van der Waals surface area contributed by atoms with Crippen molar-refractivity contribution in [3.8, 4) is 5.75 Å². The number of carbonyl (C=O) groups excluding carboxylic acids is 2. The van der Waals surface area contributed by atoms with Crippen LogP contribution in [-0.2, 0) is 9.47 Å². The number of esters is 2. The van der Waals surface area contributed by atoms with Gasteiger partial charge in [0.2, 0.25) is 0 Å². The van der Waals surface area contributed by atoms with Crippen LogP contribution >= 0.6 is 0 Å². The Kier molecular flexibility index (Phi) is 5.19. The van der Waals surface area contributed by atoms with Crippen LogP contribution in [-0.4, -0.2) is 33.3 Å². The smallest absolute Gasteiger partial charge is 0.341 e. The maximum absolute atomic E-state index is 11.8. The van der Waals surface area contributed by atoms with Gasteiger partial charge < -0.3 is 19.5 Å². The number of anilines is 2. The van der Waals surface area contributed by atoms with Crippen LogP contribution in [0.5, 0.6) is 5.75 Å². The first kappa shape index (κ1) is 16.4. The molecule has 2 aromatic carbocycles. The normalized spacial score (nSPS) is 9.87. The van der Waals surface area contributed by atoms with Gasteiger partial charge >= 0.3 is 11.9 Å².